The smallest absolute Gasteiger partial charge is 0.308 e. The SMILES string of the molecule is CC(=N)C(C#N)C(=O)CSc1cccc(C(F)(F)F)c1. The molecule has 3 nitrogen and oxygen atoms in total. The van der Waals surface area contributed by atoms with Gasteiger partial charge in [0, 0.05) is 10.6 Å². The van der Waals surface area contributed by atoms with E-state index < -0.39 is 23.4 Å². The van der Waals surface area contributed by atoms with Gasteiger partial charge < -0.3 is 5.41 Å². The first kappa shape index (κ1) is 16.2. The Bertz CT molecular complexity index is 563. The second kappa shape index (κ2) is 6.57. The van der Waals surface area contributed by atoms with Crippen LogP contribution in [0.15, 0.2) is 29.2 Å². The van der Waals surface area contributed by atoms with E-state index in [1.807, 2.05) is 0 Å². The highest BCUT2D eigenvalue weighted by Gasteiger charge is 2.30. The second-order valence-electron chi connectivity index (χ2n) is 4.03. The first-order valence-electron chi connectivity index (χ1n) is 5.53. The van der Waals surface area contributed by atoms with Crippen molar-refractivity contribution in [1.29, 1.82) is 10.7 Å². The molecule has 0 aliphatic carbocycles. The molecule has 106 valence electrons. The molecule has 0 fully saturated rings. The maximum atomic E-state index is 12.5. The third kappa shape index (κ3) is 4.38. The highest BCUT2D eigenvalue weighted by atomic mass is 32.2. The maximum absolute atomic E-state index is 12.5. The summed E-state index contributed by atoms with van der Waals surface area (Å²) in [6.07, 6.45) is -4.43. The van der Waals surface area contributed by atoms with Gasteiger partial charge in [-0.3, -0.25) is 4.79 Å². The maximum Gasteiger partial charge on any atom is 0.416 e. The number of rotatable bonds is 5. The predicted octanol–water partition coefficient (Wildman–Crippen LogP) is 3.55. The molecular weight excluding hydrogens is 289 g/mol. The number of thioether (sulfide) groups is 1. The van der Waals surface area contributed by atoms with Crippen LogP contribution in [0.3, 0.4) is 0 Å². The standard InChI is InChI=1S/C13H11F3N2OS/c1-8(18)11(6-17)12(19)7-20-10-4-2-3-9(5-10)13(14,15)16/h2-5,11,18H,7H2,1H3. The predicted molar refractivity (Wildman–Crippen MR) is 69.7 cm³/mol. The number of nitriles is 1. The highest BCUT2D eigenvalue weighted by Crippen LogP contribution is 2.32. The summed E-state index contributed by atoms with van der Waals surface area (Å²) in [6.45, 7) is 1.35. The molecule has 20 heavy (non-hydrogen) atoms. The Morgan fingerprint density at radius 1 is 1.50 bits per heavy atom. The minimum absolute atomic E-state index is 0.0675. The van der Waals surface area contributed by atoms with E-state index in [-0.39, 0.29) is 11.5 Å². The van der Waals surface area contributed by atoms with Gasteiger partial charge in [0.25, 0.3) is 0 Å². The van der Waals surface area contributed by atoms with E-state index in [1.165, 1.54) is 19.1 Å². The molecule has 7 heteroatoms. The fraction of sp³-hybridized carbons (Fsp3) is 0.308. The van der Waals surface area contributed by atoms with Gasteiger partial charge in [-0.25, -0.2) is 0 Å². The van der Waals surface area contributed by atoms with Crippen molar-refractivity contribution in [2.24, 2.45) is 5.92 Å². The van der Waals surface area contributed by atoms with Crippen molar-refractivity contribution in [2.45, 2.75) is 18.0 Å². The van der Waals surface area contributed by atoms with E-state index in [2.05, 4.69) is 0 Å². The van der Waals surface area contributed by atoms with E-state index >= 15 is 0 Å². The van der Waals surface area contributed by atoms with Crippen LogP contribution in [0.5, 0.6) is 0 Å². The minimum atomic E-state index is -4.43. The summed E-state index contributed by atoms with van der Waals surface area (Å²) >= 11 is 0.923. The zero-order valence-electron chi connectivity index (χ0n) is 10.5. The van der Waals surface area contributed by atoms with Crippen molar-refractivity contribution in [2.75, 3.05) is 5.75 Å². The summed E-state index contributed by atoms with van der Waals surface area (Å²) in [5.74, 6) is -1.76. The first-order chi connectivity index (χ1) is 9.25. The van der Waals surface area contributed by atoms with E-state index in [9.17, 15) is 18.0 Å². The van der Waals surface area contributed by atoms with Crippen molar-refractivity contribution < 1.29 is 18.0 Å². The number of halogens is 3. The Morgan fingerprint density at radius 2 is 2.15 bits per heavy atom. The van der Waals surface area contributed by atoms with Crippen molar-refractivity contribution >= 4 is 23.3 Å². The van der Waals surface area contributed by atoms with Crippen molar-refractivity contribution in [3.63, 3.8) is 0 Å². The van der Waals surface area contributed by atoms with Crippen LogP contribution in [0.4, 0.5) is 13.2 Å². The number of Topliss-reactive ketones (excluding diaryl/α,β-unsaturated/α-hetero) is 1. The van der Waals surface area contributed by atoms with Crippen LogP contribution in [0.1, 0.15) is 12.5 Å². The van der Waals surface area contributed by atoms with Crippen LogP contribution in [0.25, 0.3) is 0 Å². The highest BCUT2D eigenvalue weighted by molar-refractivity contribution is 8.00. The van der Waals surface area contributed by atoms with E-state index in [1.54, 1.807) is 6.07 Å². The summed E-state index contributed by atoms with van der Waals surface area (Å²) in [4.78, 5) is 12.0. The average Bonchev–Trinajstić information content (AvgIpc) is 2.36. The third-order valence-electron chi connectivity index (χ3n) is 2.43. The second-order valence-corrected chi connectivity index (χ2v) is 5.07. The van der Waals surface area contributed by atoms with Gasteiger partial charge in [0.15, 0.2) is 5.78 Å². The number of nitrogens with zero attached hydrogens (tertiary/aromatic N) is 1. The zero-order chi connectivity index (χ0) is 15.3. The third-order valence-corrected chi connectivity index (χ3v) is 3.44. The van der Waals surface area contributed by atoms with Gasteiger partial charge in [-0.15, -0.1) is 11.8 Å². The van der Waals surface area contributed by atoms with Gasteiger partial charge >= 0.3 is 6.18 Å². The molecule has 1 rings (SSSR count). The van der Waals surface area contributed by atoms with Crippen LogP contribution in [0.2, 0.25) is 0 Å². The quantitative estimate of drug-likeness (QED) is 0.668. The van der Waals surface area contributed by atoms with E-state index in [0.717, 1.165) is 23.9 Å². The molecule has 0 spiro atoms. The first-order valence-corrected chi connectivity index (χ1v) is 6.51. The van der Waals surface area contributed by atoms with Crippen LogP contribution in [-0.4, -0.2) is 17.2 Å². The molecule has 0 saturated carbocycles. The zero-order valence-corrected chi connectivity index (χ0v) is 11.3. The number of ketones is 1. The van der Waals surface area contributed by atoms with Crippen LogP contribution in [0, 0.1) is 22.7 Å². The Kier molecular flexibility index (Phi) is 5.34. The summed E-state index contributed by atoms with van der Waals surface area (Å²) < 4.78 is 37.5. The lowest BCUT2D eigenvalue weighted by molar-refractivity contribution is -0.137. The monoisotopic (exact) mass is 300 g/mol. The summed E-state index contributed by atoms with van der Waals surface area (Å²) in [5, 5.41) is 16.0. The Balaban J connectivity index is 2.74. The number of carbonyl (C=O) groups excluding carboxylic acids is 1. The van der Waals surface area contributed by atoms with E-state index in [4.69, 9.17) is 10.7 Å². The minimum Gasteiger partial charge on any atom is -0.308 e. The molecule has 1 aromatic rings. The van der Waals surface area contributed by atoms with Gasteiger partial charge in [-0.1, -0.05) is 6.07 Å². The van der Waals surface area contributed by atoms with Crippen LogP contribution < -0.4 is 0 Å². The lowest BCUT2D eigenvalue weighted by atomic mass is 10.0. The lowest BCUT2D eigenvalue weighted by Crippen LogP contribution is -2.21. The Labute approximate surface area is 118 Å². The number of alkyl halides is 3. The summed E-state index contributed by atoms with van der Waals surface area (Å²) in [6, 6.07) is 6.34. The molecule has 1 aromatic carbocycles. The molecule has 0 aliphatic rings. The Morgan fingerprint density at radius 3 is 2.65 bits per heavy atom. The van der Waals surface area contributed by atoms with Gasteiger partial charge in [-0.2, -0.15) is 18.4 Å². The molecule has 0 aliphatic heterocycles. The van der Waals surface area contributed by atoms with E-state index in [0.29, 0.717) is 4.90 Å². The number of carbonyl (C=O) groups is 1. The van der Waals surface area contributed by atoms with Crippen LogP contribution in [-0.2, 0) is 11.0 Å². The molecule has 0 heterocycles. The molecule has 0 saturated heterocycles. The van der Waals surface area contributed by atoms with Crippen LogP contribution >= 0.6 is 11.8 Å². The number of hydrogen-bond acceptors (Lipinski definition) is 4. The largest absolute Gasteiger partial charge is 0.416 e. The molecular formula is C13H11F3N2OS. The van der Waals surface area contributed by atoms with Gasteiger partial charge in [0.05, 0.1) is 17.4 Å². The normalized spacial score (nSPS) is 12.6. The van der Waals surface area contributed by atoms with Gasteiger partial charge in [-0.05, 0) is 25.1 Å². The van der Waals surface area contributed by atoms with Gasteiger partial charge in [0.1, 0.15) is 5.92 Å². The fourth-order valence-electron chi connectivity index (χ4n) is 1.41. The number of hydrogen-bond donors (Lipinski definition) is 1. The van der Waals surface area contributed by atoms with Crippen molar-refractivity contribution in [3.05, 3.63) is 29.8 Å². The molecule has 0 radical (unpaired) electrons. The Hall–Kier alpha value is -1.81. The molecule has 0 bridgehead atoms. The lowest BCUT2D eigenvalue weighted by Gasteiger charge is -2.09. The number of nitrogens with one attached hydrogen (secondary N) is 1. The molecule has 1 atom stereocenters. The topological polar surface area (TPSA) is 64.7 Å². The van der Waals surface area contributed by atoms with Crippen molar-refractivity contribution in [3.8, 4) is 6.07 Å². The number of benzene rings is 1. The van der Waals surface area contributed by atoms with Crippen molar-refractivity contribution in [1.82, 2.24) is 0 Å². The molecule has 0 amide bonds. The summed E-state index contributed by atoms with van der Waals surface area (Å²) in [7, 11) is 0. The fourth-order valence-corrected chi connectivity index (χ4v) is 2.27. The average molecular weight is 300 g/mol. The molecule has 1 unspecified atom stereocenters. The molecule has 0 aromatic heterocycles. The summed E-state index contributed by atoms with van der Waals surface area (Å²) in [5.41, 5.74) is -0.850. The molecule has 1 N–H and O–H groups in total. The van der Waals surface area contributed by atoms with Gasteiger partial charge in [0.2, 0.25) is 0 Å².